The Bertz CT molecular complexity index is 463. The first-order valence-corrected chi connectivity index (χ1v) is 4.87. The molecule has 17 heavy (non-hydrogen) atoms. The average Bonchev–Trinajstić information content (AvgIpc) is 2.57. The first kappa shape index (κ1) is 11.9. The van der Waals surface area contributed by atoms with Gasteiger partial charge in [0.1, 0.15) is 24.6 Å². The minimum absolute atomic E-state index is 0.196. The minimum atomic E-state index is -1.35. The van der Waals surface area contributed by atoms with E-state index in [0.29, 0.717) is 0 Å². The zero-order chi connectivity index (χ0) is 12.6. The molecular weight excluding hydrogens is 232 g/mol. The third-order valence-corrected chi connectivity index (χ3v) is 2.54. The molecular formula is C8H12N4O5. The molecule has 9 heteroatoms. The highest BCUT2D eigenvalue weighted by Gasteiger charge is 2.43. The van der Waals surface area contributed by atoms with E-state index in [-0.39, 0.29) is 5.95 Å². The summed E-state index contributed by atoms with van der Waals surface area (Å²) in [7, 11) is 0. The number of nitrogen functional groups attached to an aromatic ring is 1. The molecule has 1 aromatic heterocycles. The van der Waals surface area contributed by atoms with Crippen molar-refractivity contribution in [3.05, 3.63) is 16.8 Å². The van der Waals surface area contributed by atoms with Gasteiger partial charge in [-0.15, -0.1) is 0 Å². The Morgan fingerprint density at radius 3 is 2.71 bits per heavy atom. The molecule has 9 nitrogen and oxygen atoms in total. The molecule has 4 atom stereocenters. The summed E-state index contributed by atoms with van der Waals surface area (Å²) in [5, 5.41) is 28.1. The van der Waals surface area contributed by atoms with Gasteiger partial charge in [-0.25, -0.2) is 9.78 Å². The first-order valence-electron chi connectivity index (χ1n) is 4.87. The molecule has 0 saturated carbocycles. The number of hydrogen-bond donors (Lipinski definition) is 4. The summed E-state index contributed by atoms with van der Waals surface area (Å²) in [5.74, 6) is -0.196. The molecule has 1 aromatic rings. The normalized spacial score (nSPS) is 32.9. The fraction of sp³-hybridized carbons (Fsp3) is 0.625. The number of anilines is 1. The number of aliphatic hydroxyl groups excluding tert-OH is 3. The SMILES string of the molecule is Nc1ncn([C@H]2O[C@H](CO)[C@@H](O)[C@H]2O)c(=O)n1. The largest absolute Gasteiger partial charge is 0.394 e. The lowest BCUT2D eigenvalue weighted by atomic mass is 10.1. The molecule has 94 valence electrons. The zero-order valence-electron chi connectivity index (χ0n) is 8.67. The number of nitrogens with zero attached hydrogens (tertiary/aromatic N) is 3. The Balaban J connectivity index is 2.32. The minimum Gasteiger partial charge on any atom is -0.394 e. The molecule has 0 radical (unpaired) electrons. The first-order chi connectivity index (χ1) is 8.04. The molecule has 0 aromatic carbocycles. The Morgan fingerprint density at radius 2 is 2.18 bits per heavy atom. The second-order valence-corrected chi connectivity index (χ2v) is 3.63. The number of nitrogens with two attached hydrogens (primary N) is 1. The number of aliphatic hydroxyl groups is 3. The predicted octanol–water partition coefficient (Wildman–Crippen LogP) is -3.17. The molecule has 0 unspecified atom stereocenters. The summed E-state index contributed by atoms with van der Waals surface area (Å²) in [5.41, 5.74) is 4.46. The molecule has 0 amide bonds. The van der Waals surface area contributed by atoms with Crippen LogP contribution in [-0.4, -0.2) is 54.8 Å². The number of rotatable bonds is 2. The van der Waals surface area contributed by atoms with Crippen LogP contribution in [0.2, 0.25) is 0 Å². The quantitative estimate of drug-likeness (QED) is 0.426. The van der Waals surface area contributed by atoms with Gasteiger partial charge in [-0.2, -0.15) is 4.98 Å². The fourth-order valence-corrected chi connectivity index (χ4v) is 1.64. The van der Waals surface area contributed by atoms with Crippen LogP contribution in [0.15, 0.2) is 11.1 Å². The van der Waals surface area contributed by atoms with Crippen LogP contribution in [-0.2, 0) is 4.74 Å². The van der Waals surface area contributed by atoms with Crippen molar-refractivity contribution in [2.45, 2.75) is 24.5 Å². The summed E-state index contributed by atoms with van der Waals surface area (Å²) in [6.07, 6.45) is -3.67. The Labute approximate surface area is 95.1 Å². The lowest BCUT2D eigenvalue weighted by Gasteiger charge is -2.16. The maximum absolute atomic E-state index is 11.5. The van der Waals surface area contributed by atoms with Gasteiger partial charge in [-0.3, -0.25) is 4.57 Å². The number of aromatic nitrogens is 3. The van der Waals surface area contributed by atoms with Crippen molar-refractivity contribution in [1.29, 1.82) is 0 Å². The summed E-state index contributed by atoms with van der Waals surface area (Å²) in [6, 6.07) is 0. The van der Waals surface area contributed by atoms with E-state index >= 15 is 0 Å². The van der Waals surface area contributed by atoms with Crippen molar-refractivity contribution in [3.8, 4) is 0 Å². The van der Waals surface area contributed by atoms with Crippen LogP contribution >= 0.6 is 0 Å². The van der Waals surface area contributed by atoms with E-state index in [1.807, 2.05) is 0 Å². The molecule has 1 aliphatic rings. The monoisotopic (exact) mass is 244 g/mol. The summed E-state index contributed by atoms with van der Waals surface area (Å²) < 4.78 is 6.04. The van der Waals surface area contributed by atoms with Gasteiger partial charge >= 0.3 is 5.69 Å². The smallest absolute Gasteiger partial charge is 0.354 e. The number of ether oxygens (including phenoxy) is 1. The third kappa shape index (κ3) is 2.00. The highest BCUT2D eigenvalue weighted by atomic mass is 16.6. The van der Waals surface area contributed by atoms with E-state index in [0.717, 1.165) is 10.9 Å². The van der Waals surface area contributed by atoms with Crippen LogP contribution in [0.25, 0.3) is 0 Å². The van der Waals surface area contributed by atoms with E-state index in [4.69, 9.17) is 15.6 Å². The van der Waals surface area contributed by atoms with Gasteiger partial charge in [-0.1, -0.05) is 0 Å². The van der Waals surface area contributed by atoms with Crippen LogP contribution in [0, 0.1) is 0 Å². The van der Waals surface area contributed by atoms with Crippen LogP contribution in [0.5, 0.6) is 0 Å². The highest BCUT2D eigenvalue weighted by molar-refractivity contribution is 5.10. The molecule has 0 bridgehead atoms. The van der Waals surface area contributed by atoms with Crippen LogP contribution in [0.4, 0.5) is 5.95 Å². The van der Waals surface area contributed by atoms with Crippen LogP contribution < -0.4 is 11.4 Å². The predicted molar refractivity (Wildman–Crippen MR) is 53.7 cm³/mol. The Morgan fingerprint density at radius 1 is 1.47 bits per heavy atom. The van der Waals surface area contributed by atoms with E-state index in [1.54, 1.807) is 0 Å². The summed E-state index contributed by atoms with van der Waals surface area (Å²) in [6.45, 7) is -0.473. The van der Waals surface area contributed by atoms with Crippen molar-refractivity contribution in [2.75, 3.05) is 12.3 Å². The van der Waals surface area contributed by atoms with Gasteiger partial charge in [0.15, 0.2) is 6.23 Å². The van der Waals surface area contributed by atoms with Gasteiger partial charge in [-0.05, 0) is 0 Å². The van der Waals surface area contributed by atoms with Gasteiger partial charge in [0.05, 0.1) is 6.61 Å². The molecule has 0 aliphatic carbocycles. The van der Waals surface area contributed by atoms with Crippen molar-refractivity contribution >= 4 is 5.95 Å². The fourth-order valence-electron chi connectivity index (χ4n) is 1.64. The zero-order valence-corrected chi connectivity index (χ0v) is 8.67. The molecule has 0 spiro atoms. The van der Waals surface area contributed by atoms with Crippen molar-refractivity contribution in [2.24, 2.45) is 0 Å². The molecule has 2 heterocycles. The van der Waals surface area contributed by atoms with E-state index in [9.17, 15) is 15.0 Å². The average molecular weight is 244 g/mol. The second kappa shape index (κ2) is 4.37. The molecule has 1 saturated heterocycles. The molecule has 1 aliphatic heterocycles. The van der Waals surface area contributed by atoms with E-state index in [2.05, 4.69) is 9.97 Å². The highest BCUT2D eigenvalue weighted by Crippen LogP contribution is 2.27. The maximum Gasteiger partial charge on any atom is 0.354 e. The van der Waals surface area contributed by atoms with Gasteiger partial charge < -0.3 is 25.8 Å². The van der Waals surface area contributed by atoms with Crippen molar-refractivity contribution in [3.63, 3.8) is 0 Å². The van der Waals surface area contributed by atoms with E-state index < -0.39 is 36.8 Å². The van der Waals surface area contributed by atoms with Crippen molar-refractivity contribution < 1.29 is 20.1 Å². The standard InChI is InChI=1S/C8H12N4O5/c9-7-10-2-12(8(16)11-7)6-5(15)4(14)3(1-13)17-6/h2-6,13-15H,1H2,(H2,9,11,16)/t3-,4-,5-,6+/m1/s1. The van der Waals surface area contributed by atoms with Gasteiger partial charge in [0.25, 0.3) is 0 Å². The lowest BCUT2D eigenvalue weighted by molar-refractivity contribution is -0.0554. The van der Waals surface area contributed by atoms with Gasteiger partial charge in [0.2, 0.25) is 5.95 Å². The Hall–Kier alpha value is -1.55. The third-order valence-electron chi connectivity index (χ3n) is 2.54. The topological polar surface area (TPSA) is 144 Å². The van der Waals surface area contributed by atoms with Crippen LogP contribution in [0.1, 0.15) is 6.23 Å². The number of hydrogen-bond acceptors (Lipinski definition) is 8. The summed E-state index contributed by atoms with van der Waals surface area (Å²) in [4.78, 5) is 18.4. The summed E-state index contributed by atoms with van der Waals surface area (Å²) >= 11 is 0. The van der Waals surface area contributed by atoms with Crippen molar-refractivity contribution in [1.82, 2.24) is 14.5 Å². The van der Waals surface area contributed by atoms with Gasteiger partial charge in [0, 0.05) is 0 Å². The Kier molecular flexibility index (Phi) is 3.07. The molecule has 2 rings (SSSR count). The molecule has 1 fully saturated rings. The maximum atomic E-state index is 11.5. The second-order valence-electron chi connectivity index (χ2n) is 3.63. The molecule has 5 N–H and O–H groups in total. The lowest BCUT2D eigenvalue weighted by Crippen LogP contribution is -2.36. The van der Waals surface area contributed by atoms with E-state index in [1.165, 1.54) is 0 Å². The van der Waals surface area contributed by atoms with Crippen LogP contribution in [0.3, 0.4) is 0 Å².